The molecule has 5 heteroatoms. The summed E-state index contributed by atoms with van der Waals surface area (Å²) in [5, 5.41) is 4.27. The number of amides is 1. The molecule has 132 valence electrons. The molecule has 0 aliphatic heterocycles. The number of hydrogen-bond acceptors (Lipinski definition) is 3. The van der Waals surface area contributed by atoms with E-state index in [-0.39, 0.29) is 11.9 Å². The molecule has 1 atom stereocenters. The molecule has 1 N–H and O–H groups in total. The molecular weight excluding hydrogens is 314 g/mol. The van der Waals surface area contributed by atoms with Crippen molar-refractivity contribution in [1.29, 1.82) is 0 Å². The van der Waals surface area contributed by atoms with Gasteiger partial charge in [-0.2, -0.15) is 0 Å². The lowest BCUT2D eigenvalue weighted by Crippen LogP contribution is -2.34. The third-order valence-electron chi connectivity index (χ3n) is 4.65. The summed E-state index contributed by atoms with van der Waals surface area (Å²) in [6, 6.07) is 10.2. The first-order valence-electron chi connectivity index (χ1n) is 8.44. The highest BCUT2D eigenvalue weighted by Crippen LogP contribution is 2.28. The van der Waals surface area contributed by atoms with Gasteiger partial charge in [-0.05, 0) is 45.6 Å². The Hall–Kier alpha value is -2.53. The monoisotopic (exact) mass is 339 g/mol. The summed E-state index contributed by atoms with van der Waals surface area (Å²) in [4.78, 5) is 14.6. The van der Waals surface area contributed by atoms with E-state index in [1.54, 1.807) is 6.07 Å². The molecule has 0 radical (unpaired) electrons. The van der Waals surface area contributed by atoms with Crippen LogP contribution in [0, 0.1) is 13.8 Å². The highest BCUT2D eigenvalue weighted by atomic mass is 16.3. The van der Waals surface area contributed by atoms with Gasteiger partial charge >= 0.3 is 0 Å². The van der Waals surface area contributed by atoms with Gasteiger partial charge < -0.3 is 19.2 Å². The second-order valence-corrected chi connectivity index (χ2v) is 6.73. The fraction of sp³-hybridized carbons (Fsp3) is 0.350. The molecule has 1 amide bonds. The molecule has 25 heavy (non-hydrogen) atoms. The van der Waals surface area contributed by atoms with E-state index in [1.807, 2.05) is 34.0 Å². The van der Waals surface area contributed by atoms with Crippen LogP contribution >= 0.6 is 0 Å². The van der Waals surface area contributed by atoms with Crippen LogP contribution in [0.25, 0.3) is 10.9 Å². The van der Waals surface area contributed by atoms with Crippen LogP contribution in [0.2, 0.25) is 0 Å². The number of fused-ring (bicyclic) bond motifs is 1. The zero-order valence-corrected chi connectivity index (χ0v) is 15.5. The molecule has 1 unspecified atom stereocenters. The van der Waals surface area contributed by atoms with E-state index in [9.17, 15) is 4.79 Å². The first kappa shape index (κ1) is 17.3. The number of carbonyl (C=O) groups is 1. The molecule has 0 bridgehead atoms. The van der Waals surface area contributed by atoms with E-state index in [1.165, 1.54) is 16.5 Å². The van der Waals surface area contributed by atoms with Crippen LogP contribution in [0.5, 0.6) is 0 Å². The van der Waals surface area contributed by atoms with E-state index in [2.05, 4.69) is 46.2 Å². The number of nitrogens with one attached hydrogen (secondary N) is 1. The van der Waals surface area contributed by atoms with E-state index in [4.69, 9.17) is 4.42 Å². The molecule has 0 aliphatic rings. The molecule has 5 nitrogen and oxygen atoms in total. The number of para-hydroxylation sites is 1. The summed E-state index contributed by atoms with van der Waals surface area (Å²) in [6.07, 6.45) is 2.15. The summed E-state index contributed by atoms with van der Waals surface area (Å²) < 4.78 is 7.59. The van der Waals surface area contributed by atoms with Crippen molar-refractivity contribution < 1.29 is 9.21 Å². The van der Waals surface area contributed by atoms with Crippen LogP contribution in [0.4, 0.5) is 0 Å². The number of furan rings is 1. The minimum absolute atomic E-state index is 0.0864. The van der Waals surface area contributed by atoms with E-state index in [0.29, 0.717) is 17.9 Å². The molecule has 3 aromatic rings. The number of likely N-dealkylation sites (N-methyl/N-ethyl adjacent to an activating group) is 1. The van der Waals surface area contributed by atoms with Crippen LogP contribution in [-0.2, 0) is 7.05 Å². The number of carbonyl (C=O) groups excluding carboxylic acids is 1. The summed E-state index contributed by atoms with van der Waals surface area (Å²) in [5.41, 5.74) is 3.01. The van der Waals surface area contributed by atoms with Gasteiger partial charge in [-0.3, -0.25) is 4.79 Å². The zero-order valence-electron chi connectivity index (χ0n) is 15.5. The third kappa shape index (κ3) is 3.33. The lowest BCUT2D eigenvalue weighted by atomic mass is 10.0. The Morgan fingerprint density at radius 2 is 2.00 bits per heavy atom. The van der Waals surface area contributed by atoms with Crippen molar-refractivity contribution in [2.75, 3.05) is 20.6 Å². The van der Waals surface area contributed by atoms with Crippen LogP contribution in [0.3, 0.4) is 0 Å². The van der Waals surface area contributed by atoms with Crippen LogP contribution in [-0.4, -0.2) is 36.0 Å². The molecule has 0 fully saturated rings. The number of benzene rings is 1. The molecule has 0 saturated heterocycles. The summed E-state index contributed by atoms with van der Waals surface area (Å²) >= 11 is 0. The van der Waals surface area contributed by atoms with Gasteiger partial charge in [-0.1, -0.05) is 18.2 Å². The average molecular weight is 339 g/mol. The van der Waals surface area contributed by atoms with Gasteiger partial charge in [0.15, 0.2) is 0 Å². The maximum absolute atomic E-state index is 12.5. The Morgan fingerprint density at radius 3 is 2.64 bits per heavy atom. The summed E-state index contributed by atoms with van der Waals surface area (Å²) in [6.45, 7) is 4.20. The largest absolute Gasteiger partial charge is 0.466 e. The predicted octanol–water partition coefficient (Wildman–Crippen LogP) is 3.42. The topological polar surface area (TPSA) is 50.4 Å². The maximum atomic E-state index is 12.5. The zero-order chi connectivity index (χ0) is 18.1. The van der Waals surface area contributed by atoms with Gasteiger partial charge in [-0.15, -0.1) is 0 Å². The standard InChI is InChI=1S/C20H25N3O2/c1-13-10-16(14(2)25-13)20(24)21-11-19(22(3)4)17-12-23(5)18-9-7-6-8-15(17)18/h6-10,12,19H,11H2,1-5H3,(H,21,24). The Bertz CT molecular complexity index is 905. The van der Waals surface area contributed by atoms with Gasteiger partial charge in [-0.25, -0.2) is 0 Å². The smallest absolute Gasteiger partial charge is 0.254 e. The lowest BCUT2D eigenvalue weighted by molar-refractivity contribution is 0.0940. The van der Waals surface area contributed by atoms with Gasteiger partial charge in [0.05, 0.1) is 11.6 Å². The fourth-order valence-electron chi connectivity index (χ4n) is 3.35. The third-order valence-corrected chi connectivity index (χ3v) is 4.65. The van der Waals surface area contributed by atoms with Crippen molar-refractivity contribution >= 4 is 16.8 Å². The second-order valence-electron chi connectivity index (χ2n) is 6.73. The molecule has 0 spiro atoms. The first-order valence-corrected chi connectivity index (χ1v) is 8.44. The van der Waals surface area contributed by atoms with Crippen LogP contribution < -0.4 is 5.32 Å². The number of aryl methyl sites for hydroxylation is 3. The molecule has 3 rings (SSSR count). The fourth-order valence-corrected chi connectivity index (χ4v) is 3.35. The van der Waals surface area contributed by atoms with Crippen molar-refractivity contribution in [1.82, 2.24) is 14.8 Å². The average Bonchev–Trinajstić information content (AvgIpc) is 3.07. The molecule has 0 saturated carbocycles. The SMILES string of the molecule is Cc1cc(C(=O)NCC(c2cn(C)c3ccccc23)N(C)C)c(C)o1. The second kappa shape index (κ2) is 6.76. The lowest BCUT2D eigenvalue weighted by Gasteiger charge is -2.24. The molecule has 2 heterocycles. The van der Waals surface area contributed by atoms with E-state index < -0.39 is 0 Å². The van der Waals surface area contributed by atoms with Crippen LogP contribution in [0.1, 0.15) is 33.5 Å². The van der Waals surface area contributed by atoms with Crippen molar-refractivity contribution in [3.63, 3.8) is 0 Å². The Kier molecular flexibility index (Phi) is 4.68. The minimum Gasteiger partial charge on any atom is -0.466 e. The molecule has 0 aliphatic carbocycles. The number of rotatable bonds is 5. The minimum atomic E-state index is -0.0959. The van der Waals surface area contributed by atoms with Crippen molar-refractivity contribution in [3.8, 4) is 0 Å². The Morgan fingerprint density at radius 1 is 1.28 bits per heavy atom. The maximum Gasteiger partial charge on any atom is 0.254 e. The van der Waals surface area contributed by atoms with Crippen LogP contribution in [0.15, 0.2) is 40.9 Å². The number of aromatic nitrogens is 1. The van der Waals surface area contributed by atoms with E-state index >= 15 is 0 Å². The number of nitrogens with zero attached hydrogens (tertiary/aromatic N) is 2. The number of hydrogen-bond donors (Lipinski definition) is 1. The quantitative estimate of drug-likeness (QED) is 0.775. The van der Waals surface area contributed by atoms with Gasteiger partial charge in [0.25, 0.3) is 5.91 Å². The highest BCUT2D eigenvalue weighted by Gasteiger charge is 2.21. The summed E-state index contributed by atoms with van der Waals surface area (Å²) in [5.74, 6) is 1.31. The Balaban J connectivity index is 1.84. The van der Waals surface area contributed by atoms with Crippen molar-refractivity contribution in [2.24, 2.45) is 7.05 Å². The van der Waals surface area contributed by atoms with Gasteiger partial charge in [0.2, 0.25) is 0 Å². The molecular formula is C20H25N3O2. The van der Waals surface area contributed by atoms with Gasteiger partial charge in [0, 0.05) is 30.7 Å². The van der Waals surface area contributed by atoms with Crippen molar-refractivity contribution in [3.05, 3.63) is 59.2 Å². The summed E-state index contributed by atoms with van der Waals surface area (Å²) in [7, 11) is 6.12. The van der Waals surface area contributed by atoms with Crippen molar-refractivity contribution in [2.45, 2.75) is 19.9 Å². The highest BCUT2D eigenvalue weighted by molar-refractivity contribution is 5.95. The van der Waals surface area contributed by atoms with E-state index in [0.717, 1.165) is 5.76 Å². The Labute approximate surface area is 148 Å². The first-order chi connectivity index (χ1) is 11.9. The molecule has 1 aromatic carbocycles. The predicted molar refractivity (Wildman–Crippen MR) is 99.9 cm³/mol. The normalized spacial score (nSPS) is 12.7. The molecule has 2 aromatic heterocycles. The van der Waals surface area contributed by atoms with Gasteiger partial charge in [0.1, 0.15) is 11.5 Å².